The molecule has 0 aliphatic carbocycles. The molecule has 0 bridgehead atoms. The molecule has 0 spiro atoms. The SMILES string of the molecule is CCCCCCCCCC[N+](C)(C)CCCC(C)CCCC. The van der Waals surface area contributed by atoms with Crippen LogP contribution in [-0.4, -0.2) is 31.7 Å². The van der Waals surface area contributed by atoms with Gasteiger partial charge in [-0.25, -0.2) is 0 Å². The van der Waals surface area contributed by atoms with E-state index in [1.54, 1.807) is 0 Å². The van der Waals surface area contributed by atoms with Crippen molar-refractivity contribution in [3.63, 3.8) is 0 Å². The minimum Gasteiger partial charge on any atom is -0.328 e. The second kappa shape index (κ2) is 14.5. The zero-order valence-electron chi connectivity index (χ0n) is 16.6. The Labute approximate surface area is 142 Å². The van der Waals surface area contributed by atoms with Crippen LogP contribution in [0.3, 0.4) is 0 Å². The fraction of sp³-hybridized carbons (Fsp3) is 1.00. The van der Waals surface area contributed by atoms with E-state index in [2.05, 4.69) is 34.9 Å². The summed E-state index contributed by atoms with van der Waals surface area (Å²) in [6, 6.07) is 0. The van der Waals surface area contributed by atoms with E-state index in [1.807, 2.05) is 0 Å². The minimum absolute atomic E-state index is 0.933. The van der Waals surface area contributed by atoms with Gasteiger partial charge in [-0.15, -0.1) is 0 Å². The lowest BCUT2D eigenvalue weighted by Crippen LogP contribution is -2.41. The Kier molecular flexibility index (Phi) is 14.5. The van der Waals surface area contributed by atoms with E-state index in [0.29, 0.717) is 0 Å². The first-order valence-corrected chi connectivity index (χ1v) is 10.3. The summed E-state index contributed by atoms with van der Waals surface area (Å²) in [7, 11) is 4.86. The van der Waals surface area contributed by atoms with E-state index in [9.17, 15) is 0 Å². The average molecular weight is 313 g/mol. The lowest BCUT2D eigenvalue weighted by atomic mass is 9.99. The highest BCUT2D eigenvalue weighted by atomic mass is 15.3. The molecule has 134 valence electrons. The fourth-order valence-electron chi connectivity index (χ4n) is 3.35. The molecule has 1 heteroatoms. The summed E-state index contributed by atoms with van der Waals surface area (Å²) >= 11 is 0. The van der Waals surface area contributed by atoms with Gasteiger partial charge in [0.25, 0.3) is 0 Å². The zero-order chi connectivity index (χ0) is 16.7. The van der Waals surface area contributed by atoms with Crippen LogP contribution in [0.4, 0.5) is 0 Å². The molecule has 0 saturated heterocycles. The molecule has 1 unspecified atom stereocenters. The summed E-state index contributed by atoms with van der Waals surface area (Å²) in [5, 5.41) is 0. The molecule has 0 heterocycles. The van der Waals surface area contributed by atoms with E-state index in [4.69, 9.17) is 0 Å². The second-order valence-electron chi connectivity index (χ2n) is 8.25. The maximum absolute atomic E-state index is 2.44. The Hall–Kier alpha value is -0.0400. The van der Waals surface area contributed by atoms with Gasteiger partial charge in [-0.1, -0.05) is 78.6 Å². The Morgan fingerprint density at radius 2 is 1.05 bits per heavy atom. The van der Waals surface area contributed by atoms with Crippen molar-refractivity contribution in [1.29, 1.82) is 0 Å². The van der Waals surface area contributed by atoms with Crippen LogP contribution in [0.25, 0.3) is 0 Å². The van der Waals surface area contributed by atoms with E-state index < -0.39 is 0 Å². The van der Waals surface area contributed by atoms with Crippen LogP contribution in [0.2, 0.25) is 0 Å². The highest BCUT2D eigenvalue weighted by molar-refractivity contribution is 4.54. The summed E-state index contributed by atoms with van der Waals surface area (Å²) in [6.07, 6.45) is 18.5. The molecule has 22 heavy (non-hydrogen) atoms. The smallest absolute Gasteiger partial charge is 0.0782 e. The first-order valence-electron chi connectivity index (χ1n) is 10.3. The maximum atomic E-state index is 2.44. The van der Waals surface area contributed by atoms with Crippen molar-refractivity contribution < 1.29 is 4.48 Å². The third kappa shape index (κ3) is 14.9. The van der Waals surface area contributed by atoms with Gasteiger partial charge in [0.2, 0.25) is 0 Å². The molecule has 0 amide bonds. The molecular weight excluding hydrogens is 266 g/mol. The quantitative estimate of drug-likeness (QED) is 0.217. The number of hydrogen-bond acceptors (Lipinski definition) is 0. The highest BCUT2D eigenvalue weighted by Crippen LogP contribution is 2.16. The molecule has 0 saturated carbocycles. The van der Waals surface area contributed by atoms with Crippen molar-refractivity contribution in [3.8, 4) is 0 Å². The van der Waals surface area contributed by atoms with Gasteiger partial charge in [-0.05, 0) is 31.6 Å². The molecule has 0 fully saturated rings. The van der Waals surface area contributed by atoms with Crippen LogP contribution in [0, 0.1) is 5.92 Å². The summed E-state index contributed by atoms with van der Waals surface area (Å²) in [4.78, 5) is 0. The minimum atomic E-state index is 0.933. The summed E-state index contributed by atoms with van der Waals surface area (Å²) in [6.45, 7) is 9.78. The summed E-state index contributed by atoms with van der Waals surface area (Å²) in [5.74, 6) is 0.933. The van der Waals surface area contributed by atoms with E-state index in [0.717, 1.165) is 5.92 Å². The first-order chi connectivity index (χ1) is 10.5. The van der Waals surface area contributed by atoms with Gasteiger partial charge in [0.15, 0.2) is 0 Å². The van der Waals surface area contributed by atoms with Gasteiger partial charge in [0, 0.05) is 0 Å². The third-order valence-corrected chi connectivity index (χ3v) is 5.13. The second-order valence-corrected chi connectivity index (χ2v) is 8.25. The largest absolute Gasteiger partial charge is 0.328 e. The molecule has 0 aromatic heterocycles. The van der Waals surface area contributed by atoms with E-state index in [-0.39, 0.29) is 0 Å². The predicted octanol–water partition coefficient (Wildman–Crippen LogP) is 6.81. The van der Waals surface area contributed by atoms with Gasteiger partial charge < -0.3 is 4.48 Å². The molecule has 1 nitrogen and oxygen atoms in total. The monoisotopic (exact) mass is 312 g/mol. The van der Waals surface area contributed by atoms with Crippen LogP contribution in [0.5, 0.6) is 0 Å². The molecule has 1 atom stereocenters. The number of unbranched alkanes of at least 4 members (excludes halogenated alkanes) is 8. The third-order valence-electron chi connectivity index (χ3n) is 5.13. The van der Waals surface area contributed by atoms with Gasteiger partial charge >= 0.3 is 0 Å². The number of rotatable bonds is 16. The molecule has 0 aliphatic rings. The highest BCUT2D eigenvalue weighted by Gasteiger charge is 2.14. The maximum Gasteiger partial charge on any atom is 0.0782 e. The average Bonchev–Trinajstić information content (AvgIpc) is 2.47. The number of nitrogens with zero attached hydrogens (tertiary/aromatic N) is 1. The van der Waals surface area contributed by atoms with Crippen LogP contribution >= 0.6 is 0 Å². The van der Waals surface area contributed by atoms with Crippen LogP contribution in [-0.2, 0) is 0 Å². The van der Waals surface area contributed by atoms with E-state index >= 15 is 0 Å². The normalized spacial score (nSPS) is 13.5. The molecule has 0 radical (unpaired) electrons. The Morgan fingerprint density at radius 1 is 0.591 bits per heavy atom. The Morgan fingerprint density at radius 3 is 1.64 bits per heavy atom. The molecular formula is C21H46N+. The van der Waals surface area contributed by atoms with Gasteiger partial charge in [0.1, 0.15) is 0 Å². The van der Waals surface area contributed by atoms with Gasteiger partial charge in [-0.3, -0.25) is 0 Å². The Bertz CT molecular complexity index is 222. The molecule has 0 rings (SSSR count). The molecule has 0 aromatic carbocycles. The van der Waals surface area contributed by atoms with Crippen molar-refractivity contribution in [2.45, 2.75) is 104 Å². The lowest BCUT2D eigenvalue weighted by Gasteiger charge is -2.30. The number of quaternary nitrogens is 1. The fourth-order valence-corrected chi connectivity index (χ4v) is 3.35. The molecule has 0 aromatic rings. The van der Waals surface area contributed by atoms with Crippen LogP contribution in [0.15, 0.2) is 0 Å². The van der Waals surface area contributed by atoms with Gasteiger partial charge in [0.05, 0.1) is 27.2 Å². The van der Waals surface area contributed by atoms with E-state index in [1.165, 1.54) is 101 Å². The van der Waals surface area contributed by atoms with Gasteiger partial charge in [-0.2, -0.15) is 0 Å². The molecule has 0 aliphatic heterocycles. The molecule has 0 N–H and O–H groups in total. The number of hydrogen-bond donors (Lipinski definition) is 0. The van der Waals surface area contributed by atoms with Crippen molar-refractivity contribution in [3.05, 3.63) is 0 Å². The first kappa shape index (κ1) is 22.0. The van der Waals surface area contributed by atoms with Crippen molar-refractivity contribution in [1.82, 2.24) is 0 Å². The topological polar surface area (TPSA) is 0 Å². The Balaban J connectivity index is 3.48. The summed E-state index contributed by atoms with van der Waals surface area (Å²) in [5.41, 5.74) is 0. The lowest BCUT2D eigenvalue weighted by molar-refractivity contribution is -0.890. The summed E-state index contributed by atoms with van der Waals surface area (Å²) < 4.78 is 1.23. The van der Waals surface area contributed by atoms with Crippen molar-refractivity contribution in [2.24, 2.45) is 5.92 Å². The van der Waals surface area contributed by atoms with Crippen LogP contribution < -0.4 is 0 Å². The van der Waals surface area contributed by atoms with Crippen molar-refractivity contribution >= 4 is 0 Å². The standard InChI is InChI=1S/C21H46N/c1-6-8-10-11-12-13-14-15-19-22(4,5)20-16-18-21(3)17-9-7-2/h21H,6-20H2,1-5H3/q+1. The van der Waals surface area contributed by atoms with Crippen molar-refractivity contribution in [2.75, 3.05) is 27.2 Å². The zero-order valence-corrected chi connectivity index (χ0v) is 16.6. The predicted molar refractivity (Wildman–Crippen MR) is 102 cm³/mol. The van der Waals surface area contributed by atoms with Crippen LogP contribution in [0.1, 0.15) is 104 Å².